The van der Waals surface area contributed by atoms with Gasteiger partial charge in [-0.2, -0.15) is 0 Å². The second kappa shape index (κ2) is 23.8. The molecule has 1 saturated heterocycles. The first kappa shape index (κ1) is 53.9. The first-order valence-electron chi connectivity index (χ1n) is 20.8. The van der Waals surface area contributed by atoms with Gasteiger partial charge in [-0.3, -0.25) is 4.79 Å². The zero-order valence-corrected chi connectivity index (χ0v) is 40.7. The van der Waals surface area contributed by atoms with Crippen LogP contribution in [-0.4, -0.2) is 136 Å². The first-order chi connectivity index (χ1) is 26.5. The van der Waals surface area contributed by atoms with Crippen molar-refractivity contribution in [3.63, 3.8) is 0 Å². The highest BCUT2D eigenvalue weighted by atomic mass is 28.4. The third-order valence-corrected chi connectivity index (χ3v) is 22.1. The number of carbonyl (C=O) groups excluding carboxylic acids is 2. The monoisotopic (exact) mass is 851 g/mol. The Bertz CT molecular complexity index is 1230. The van der Waals surface area contributed by atoms with E-state index in [1.807, 2.05) is 13.0 Å². The summed E-state index contributed by atoms with van der Waals surface area (Å²) < 4.78 is 53.6. The van der Waals surface area contributed by atoms with E-state index in [0.29, 0.717) is 18.6 Å². The third kappa shape index (κ3) is 14.2. The lowest BCUT2D eigenvalue weighted by atomic mass is 9.70. The molecule has 0 bridgehead atoms. The van der Waals surface area contributed by atoms with Crippen molar-refractivity contribution in [2.45, 2.75) is 186 Å². The third-order valence-electron chi connectivity index (χ3n) is 13.0. The van der Waals surface area contributed by atoms with Crippen LogP contribution in [0.2, 0.25) is 36.3 Å². The molecular formula is C42H82O13Si2. The topological polar surface area (TPSA) is 158 Å². The molecule has 1 aliphatic heterocycles. The molecular weight excluding hydrogens is 769 g/mol. The summed E-state index contributed by atoms with van der Waals surface area (Å²) in [6, 6.07) is 2.42. The fraction of sp³-hybridized carbons (Fsp3) is 0.905. The fourth-order valence-corrected chi connectivity index (χ4v) is 11.1. The van der Waals surface area contributed by atoms with E-state index in [2.05, 4.69) is 61.6 Å². The van der Waals surface area contributed by atoms with Crippen LogP contribution >= 0.6 is 0 Å². The molecule has 0 aromatic rings. The highest BCUT2D eigenvalue weighted by Crippen LogP contribution is 2.49. The molecule has 9 atom stereocenters. The van der Waals surface area contributed by atoms with E-state index >= 15 is 0 Å². The second-order valence-corrected chi connectivity index (χ2v) is 27.3. The Labute approximate surface area is 347 Å². The van der Waals surface area contributed by atoms with Gasteiger partial charge in [0.05, 0.1) is 37.6 Å². The summed E-state index contributed by atoms with van der Waals surface area (Å²) in [5.74, 6) is -2.75. The number of hydrogen-bond acceptors (Lipinski definition) is 13. The van der Waals surface area contributed by atoms with Gasteiger partial charge >= 0.3 is 5.97 Å². The maximum Gasteiger partial charge on any atom is 0.337 e. The Morgan fingerprint density at radius 2 is 1.56 bits per heavy atom. The number of ether oxygens (including phenoxy) is 7. The van der Waals surface area contributed by atoms with E-state index in [1.165, 1.54) is 28.4 Å². The van der Waals surface area contributed by atoms with Crippen molar-refractivity contribution < 1.29 is 61.8 Å². The van der Waals surface area contributed by atoms with Crippen LogP contribution in [-0.2, 0) is 51.6 Å². The summed E-state index contributed by atoms with van der Waals surface area (Å²) >= 11 is 0. The Hall–Kier alpha value is -1.09. The zero-order chi connectivity index (χ0) is 44.0. The normalized spacial score (nSPS) is 24.1. The number of ketones is 1. The van der Waals surface area contributed by atoms with Crippen molar-refractivity contribution in [3.8, 4) is 0 Å². The fourth-order valence-electron chi connectivity index (χ4n) is 7.17. The lowest BCUT2D eigenvalue weighted by Gasteiger charge is -2.56. The lowest BCUT2D eigenvalue weighted by Crippen LogP contribution is -2.70. The van der Waals surface area contributed by atoms with E-state index in [9.17, 15) is 19.8 Å². The summed E-state index contributed by atoms with van der Waals surface area (Å²) in [5.41, 5.74) is -0.768. The van der Waals surface area contributed by atoms with Gasteiger partial charge in [-0.25, -0.2) is 4.79 Å². The molecule has 0 aliphatic carbocycles. The van der Waals surface area contributed by atoms with Gasteiger partial charge in [0.1, 0.15) is 12.9 Å². The summed E-state index contributed by atoms with van der Waals surface area (Å²) in [5, 5.41) is 25.3. The van der Waals surface area contributed by atoms with E-state index < -0.39 is 76.5 Å². The summed E-state index contributed by atoms with van der Waals surface area (Å²) in [6.07, 6.45) is -2.89. The molecule has 15 heteroatoms. The number of rotatable bonds is 27. The number of methoxy groups -OCH3 is 5. The number of allylic oxidation sites excluding steroid dienone is 1. The highest BCUT2D eigenvalue weighted by Gasteiger charge is 2.62. The van der Waals surface area contributed by atoms with Gasteiger partial charge in [0.25, 0.3) is 0 Å². The minimum absolute atomic E-state index is 0.0305. The van der Waals surface area contributed by atoms with Crippen molar-refractivity contribution in [1.82, 2.24) is 0 Å². The minimum Gasteiger partial charge on any atom is -0.467 e. The predicted octanol–water partition coefficient (Wildman–Crippen LogP) is 7.18. The van der Waals surface area contributed by atoms with Crippen LogP contribution in [0.5, 0.6) is 0 Å². The molecule has 0 spiro atoms. The molecule has 13 nitrogen and oxygen atoms in total. The predicted molar refractivity (Wildman–Crippen MR) is 227 cm³/mol. The molecule has 0 radical (unpaired) electrons. The van der Waals surface area contributed by atoms with E-state index in [0.717, 1.165) is 24.6 Å². The molecule has 0 unspecified atom stereocenters. The number of aliphatic hydroxyl groups excluding tert-OH is 1. The molecule has 1 heterocycles. The van der Waals surface area contributed by atoms with Gasteiger partial charge in [-0.1, -0.05) is 68.4 Å². The Balaban J connectivity index is 3.53. The quantitative estimate of drug-likeness (QED) is 0.0371. The van der Waals surface area contributed by atoms with Crippen LogP contribution in [0.25, 0.3) is 0 Å². The summed E-state index contributed by atoms with van der Waals surface area (Å²) in [4.78, 5) is 26.4. The molecule has 0 amide bonds. The van der Waals surface area contributed by atoms with Gasteiger partial charge < -0.3 is 52.2 Å². The van der Waals surface area contributed by atoms with Gasteiger partial charge in [-0.15, -0.1) is 0 Å². The first-order valence-corrected chi connectivity index (χ1v) is 26.3. The van der Waals surface area contributed by atoms with Crippen molar-refractivity contribution in [2.24, 2.45) is 11.3 Å². The number of carbonyl (C=O) groups is 2. The van der Waals surface area contributed by atoms with Crippen LogP contribution < -0.4 is 0 Å². The molecule has 57 heavy (non-hydrogen) atoms. The molecule has 0 aromatic carbocycles. The Morgan fingerprint density at radius 3 is 2.02 bits per heavy atom. The largest absolute Gasteiger partial charge is 0.467 e. The number of Topliss-reactive ketones (excluding diaryl/α,β-unsaturated/α-hetero) is 1. The maximum atomic E-state index is 13.6. The SMILES string of the molecule is CC[C@@H](/C=C(/C)C(=O)C[C@@H](C[C@@H](O)C(C)(C)[C@]1(O)O[C@H](C[C@H](OC)[C@@H](OCOC)C(=O)OC)C[C@H](OC)[C@@H]1O[Si](CC)(CC)CC)OC)CO[Si](C)(C)C(C)(C)C. The van der Waals surface area contributed by atoms with Gasteiger partial charge in [0.2, 0.25) is 5.79 Å². The standard InChI is InChI=1S/C42H82O13Si2/c1-18-30(27-53-56(16,17)40(6,7)8)22-29(5)33(43)23-31(48-12)26-36(44)41(9,10)42(46)38(55-57(19-2,20-3)21-4)35(50-14)25-32(54-42)24-34(49-13)37(39(45)51-15)52-28-47-11/h22,30-32,34-38,44,46H,18-21,23-28H2,1-17H3/b29-22-/t30-,31-,32+,34-,35-,36+,37+,38-,42+/m0/s1. The average Bonchev–Trinajstić information content (AvgIpc) is 3.17. The van der Waals surface area contributed by atoms with Crippen molar-refractivity contribution >= 4 is 28.4 Å². The molecule has 336 valence electrons. The smallest absolute Gasteiger partial charge is 0.337 e. The zero-order valence-electron chi connectivity index (χ0n) is 38.7. The minimum atomic E-state index is -2.40. The van der Waals surface area contributed by atoms with Crippen molar-refractivity contribution in [1.29, 1.82) is 0 Å². The van der Waals surface area contributed by atoms with Gasteiger partial charge in [-0.05, 0) is 61.1 Å². The number of hydrogen-bond donors (Lipinski definition) is 2. The van der Waals surface area contributed by atoms with E-state index in [-0.39, 0.29) is 42.8 Å². The molecule has 0 saturated carbocycles. The van der Waals surface area contributed by atoms with E-state index in [1.54, 1.807) is 21.0 Å². The molecule has 0 aromatic heterocycles. The van der Waals surface area contributed by atoms with Crippen LogP contribution in [0, 0.1) is 11.3 Å². The highest BCUT2D eigenvalue weighted by molar-refractivity contribution is 6.74. The van der Waals surface area contributed by atoms with Gasteiger partial charge in [0, 0.05) is 66.1 Å². The lowest BCUT2D eigenvalue weighted by molar-refractivity contribution is -0.376. The molecule has 1 fully saturated rings. The molecule has 1 rings (SSSR count). The van der Waals surface area contributed by atoms with Crippen LogP contribution in [0.4, 0.5) is 0 Å². The van der Waals surface area contributed by atoms with Crippen molar-refractivity contribution in [3.05, 3.63) is 11.6 Å². The maximum absolute atomic E-state index is 13.6. The Kier molecular flexibility index (Phi) is 22.5. The van der Waals surface area contributed by atoms with Crippen molar-refractivity contribution in [2.75, 3.05) is 48.9 Å². The molecule has 1 aliphatic rings. The van der Waals surface area contributed by atoms with Gasteiger partial charge in [0.15, 0.2) is 28.5 Å². The average molecular weight is 851 g/mol. The molecule has 2 N–H and O–H groups in total. The summed E-state index contributed by atoms with van der Waals surface area (Å²) in [6.45, 7) is 25.1. The second-order valence-electron chi connectivity index (χ2n) is 17.8. The van der Waals surface area contributed by atoms with Crippen LogP contribution in [0.15, 0.2) is 11.6 Å². The van der Waals surface area contributed by atoms with E-state index in [4.69, 9.17) is 42.0 Å². The van der Waals surface area contributed by atoms with Crippen LogP contribution in [0.1, 0.15) is 101 Å². The number of aliphatic hydroxyl groups is 2. The van der Waals surface area contributed by atoms with Crippen LogP contribution in [0.3, 0.4) is 0 Å². The Morgan fingerprint density at radius 1 is 0.965 bits per heavy atom. The number of esters is 1. The summed E-state index contributed by atoms with van der Waals surface area (Å²) in [7, 11) is 2.89.